The predicted octanol–water partition coefficient (Wildman–Crippen LogP) is 3.46. The largest absolute Gasteiger partial charge is 0.321 e. The average Bonchev–Trinajstić information content (AvgIpc) is 2.74. The first-order chi connectivity index (χ1) is 8.09. The summed E-state index contributed by atoms with van der Waals surface area (Å²) in [5.41, 5.74) is 6.73. The molecule has 1 atom stereocenters. The molecule has 1 aromatic heterocycles. The molecule has 1 heterocycles. The van der Waals surface area contributed by atoms with Crippen LogP contribution in [0.4, 0.5) is 0 Å². The molecular formula is C14H17NOS. The number of hydrogen-bond acceptors (Lipinski definition) is 3. The van der Waals surface area contributed by atoms with Crippen molar-refractivity contribution < 1.29 is 4.79 Å². The lowest BCUT2D eigenvalue weighted by atomic mass is 9.96. The first kappa shape index (κ1) is 12.3. The number of Topliss-reactive ketones (excluding diaryl/α,β-unsaturated/α-hetero) is 1. The van der Waals surface area contributed by atoms with E-state index in [-0.39, 0.29) is 11.8 Å². The summed E-state index contributed by atoms with van der Waals surface area (Å²) >= 11 is 1.60. The standard InChI is InChI=1S/C14H17NOS/c1-9(2)8-12(15)13(16)11-5-3-4-10-6-7-17-14(10)11/h3-7,9,12H,8,15H2,1-2H3. The lowest BCUT2D eigenvalue weighted by Crippen LogP contribution is -2.31. The maximum absolute atomic E-state index is 12.3. The van der Waals surface area contributed by atoms with Gasteiger partial charge in [0.2, 0.25) is 0 Å². The Bertz CT molecular complexity index is 530. The van der Waals surface area contributed by atoms with E-state index >= 15 is 0 Å². The SMILES string of the molecule is CC(C)CC(N)C(=O)c1cccc2ccsc12. The monoisotopic (exact) mass is 247 g/mol. The fourth-order valence-electron chi connectivity index (χ4n) is 2.00. The molecule has 0 saturated heterocycles. The summed E-state index contributed by atoms with van der Waals surface area (Å²) < 4.78 is 1.05. The summed E-state index contributed by atoms with van der Waals surface area (Å²) in [5, 5.41) is 3.13. The van der Waals surface area contributed by atoms with Crippen LogP contribution in [0.15, 0.2) is 29.6 Å². The highest BCUT2D eigenvalue weighted by atomic mass is 32.1. The van der Waals surface area contributed by atoms with Crippen molar-refractivity contribution >= 4 is 27.2 Å². The van der Waals surface area contributed by atoms with E-state index in [0.717, 1.165) is 22.1 Å². The Morgan fingerprint density at radius 1 is 1.35 bits per heavy atom. The lowest BCUT2D eigenvalue weighted by molar-refractivity contribution is 0.0953. The van der Waals surface area contributed by atoms with Gasteiger partial charge in [0.25, 0.3) is 0 Å². The van der Waals surface area contributed by atoms with Gasteiger partial charge in [-0.3, -0.25) is 4.79 Å². The third kappa shape index (κ3) is 2.56. The molecule has 0 aliphatic rings. The molecule has 17 heavy (non-hydrogen) atoms. The maximum atomic E-state index is 12.3. The summed E-state index contributed by atoms with van der Waals surface area (Å²) in [5.74, 6) is 0.503. The van der Waals surface area contributed by atoms with Crippen LogP contribution in [-0.2, 0) is 0 Å². The highest BCUT2D eigenvalue weighted by Crippen LogP contribution is 2.26. The van der Waals surface area contributed by atoms with E-state index < -0.39 is 0 Å². The summed E-state index contributed by atoms with van der Waals surface area (Å²) in [6, 6.07) is 7.47. The number of carbonyl (C=O) groups is 1. The van der Waals surface area contributed by atoms with Crippen molar-refractivity contribution in [3.8, 4) is 0 Å². The van der Waals surface area contributed by atoms with Crippen molar-refractivity contribution in [3.05, 3.63) is 35.2 Å². The maximum Gasteiger partial charge on any atom is 0.180 e. The molecule has 0 aliphatic heterocycles. The van der Waals surface area contributed by atoms with E-state index in [2.05, 4.69) is 13.8 Å². The Balaban J connectivity index is 2.33. The van der Waals surface area contributed by atoms with Gasteiger partial charge in [-0.15, -0.1) is 11.3 Å². The number of thiophene rings is 1. The molecular weight excluding hydrogens is 230 g/mol. The van der Waals surface area contributed by atoms with E-state index in [0.29, 0.717) is 5.92 Å². The van der Waals surface area contributed by atoms with Gasteiger partial charge < -0.3 is 5.73 Å². The number of carbonyl (C=O) groups excluding carboxylic acids is 1. The second-order valence-corrected chi connectivity index (χ2v) is 5.66. The molecule has 0 aliphatic carbocycles. The number of benzene rings is 1. The first-order valence-corrected chi connectivity index (χ1v) is 6.73. The number of fused-ring (bicyclic) bond motifs is 1. The molecule has 1 aromatic carbocycles. The van der Waals surface area contributed by atoms with Crippen molar-refractivity contribution in [1.82, 2.24) is 0 Å². The van der Waals surface area contributed by atoms with Gasteiger partial charge in [0.15, 0.2) is 5.78 Å². The fourth-order valence-corrected chi connectivity index (χ4v) is 2.92. The van der Waals surface area contributed by atoms with Crippen LogP contribution in [0.1, 0.15) is 30.6 Å². The van der Waals surface area contributed by atoms with E-state index in [9.17, 15) is 4.79 Å². The molecule has 3 heteroatoms. The van der Waals surface area contributed by atoms with Gasteiger partial charge in [0.1, 0.15) is 0 Å². The van der Waals surface area contributed by atoms with Crippen molar-refractivity contribution in [3.63, 3.8) is 0 Å². The van der Waals surface area contributed by atoms with E-state index in [1.165, 1.54) is 0 Å². The zero-order valence-corrected chi connectivity index (χ0v) is 11.0. The Morgan fingerprint density at radius 3 is 2.82 bits per heavy atom. The Kier molecular flexibility index (Phi) is 3.60. The van der Waals surface area contributed by atoms with Crippen LogP contribution < -0.4 is 5.73 Å². The van der Waals surface area contributed by atoms with Crippen LogP contribution in [0, 0.1) is 5.92 Å². The fraction of sp³-hybridized carbons (Fsp3) is 0.357. The highest BCUT2D eigenvalue weighted by Gasteiger charge is 2.19. The lowest BCUT2D eigenvalue weighted by Gasteiger charge is -2.13. The zero-order valence-electron chi connectivity index (χ0n) is 10.1. The van der Waals surface area contributed by atoms with Gasteiger partial charge in [-0.1, -0.05) is 26.0 Å². The predicted molar refractivity (Wildman–Crippen MR) is 73.6 cm³/mol. The minimum absolute atomic E-state index is 0.0618. The van der Waals surface area contributed by atoms with Gasteiger partial charge in [-0.25, -0.2) is 0 Å². The van der Waals surface area contributed by atoms with Gasteiger partial charge in [0.05, 0.1) is 6.04 Å². The second-order valence-electron chi connectivity index (χ2n) is 4.74. The number of ketones is 1. The topological polar surface area (TPSA) is 43.1 Å². The van der Waals surface area contributed by atoms with Gasteiger partial charge in [-0.2, -0.15) is 0 Å². The van der Waals surface area contributed by atoms with Crippen molar-refractivity contribution in [2.24, 2.45) is 11.7 Å². The molecule has 0 amide bonds. The summed E-state index contributed by atoms with van der Waals surface area (Å²) in [4.78, 5) is 12.3. The van der Waals surface area contributed by atoms with Crippen molar-refractivity contribution in [1.29, 1.82) is 0 Å². The minimum atomic E-state index is -0.386. The normalized spacial score (nSPS) is 13.2. The van der Waals surface area contributed by atoms with Crippen molar-refractivity contribution in [2.75, 3.05) is 0 Å². The first-order valence-electron chi connectivity index (χ1n) is 5.85. The molecule has 2 aromatic rings. The molecule has 2 nitrogen and oxygen atoms in total. The Hall–Kier alpha value is -1.19. The average molecular weight is 247 g/mol. The van der Waals surface area contributed by atoms with Crippen LogP contribution in [0.5, 0.6) is 0 Å². The molecule has 0 fully saturated rings. The highest BCUT2D eigenvalue weighted by molar-refractivity contribution is 7.17. The van der Waals surface area contributed by atoms with Gasteiger partial charge in [-0.05, 0) is 35.2 Å². The molecule has 2 N–H and O–H groups in total. The number of hydrogen-bond donors (Lipinski definition) is 1. The quantitative estimate of drug-likeness (QED) is 0.841. The Labute approximate surface area is 105 Å². The molecule has 0 saturated carbocycles. The van der Waals surface area contributed by atoms with E-state index in [1.807, 2.05) is 29.6 Å². The molecule has 0 spiro atoms. The Morgan fingerprint density at radius 2 is 2.12 bits per heavy atom. The molecule has 0 radical (unpaired) electrons. The molecule has 1 unspecified atom stereocenters. The summed E-state index contributed by atoms with van der Waals surface area (Å²) in [6.45, 7) is 4.16. The summed E-state index contributed by atoms with van der Waals surface area (Å²) in [7, 11) is 0. The van der Waals surface area contributed by atoms with Crippen LogP contribution in [0.25, 0.3) is 10.1 Å². The molecule has 0 bridgehead atoms. The minimum Gasteiger partial charge on any atom is -0.321 e. The van der Waals surface area contributed by atoms with Crippen LogP contribution in [0.2, 0.25) is 0 Å². The zero-order chi connectivity index (χ0) is 12.4. The smallest absolute Gasteiger partial charge is 0.180 e. The number of rotatable bonds is 4. The number of nitrogens with two attached hydrogens (primary N) is 1. The molecule has 2 rings (SSSR count). The summed E-state index contributed by atoms with van der Waals surface area (Å²) in [6.07, 6.45) is 0.737. The van der Waals surface area contributed by atoms with E-state index in [4.69, 9.17) is 5.73 Å². The van der Waals surface area contributed by atoms with Gasteiger partial charge >= 0.3 is 0 Å². The van der Waals surface area contributed by atoms with E-state index in [1.54, 1.807) is 11.3 Å². The second kappa shape index (κ2) is 4.98. The van der Waals surface area contributed by atoms with Crippen LogP contribution >= 0.6 is 11.3 Å². The third-order valence-electron chi connectivity index (χ3n) is 2.81. The van der Waals surface area contributed by atoms with Gasteiger partial charge in [0, 0.05) is 10.3 Å². The molecule has 90 valence electrons. The van der Waals surface area contributed by atoms with Crippen molar-refractivity contribution in [2.45, 2.75) is 26.3 Å². The van der Waals surface area contributed by atoms with Crippen LogP contribution in [-0.4, -0.2) is 11.8 Å². The van der Waals surface area contributed by atoms with Crippen LogP contribution in [0.3, 0.4) is 0 Å². The third-order valence-corrected chi connectivity index (χ3v) is 3.77.